The van der Waals surface area contributed by atoms with Gasteiger partial charge in [0, 0.05) is 34.1 Å². The molecule has 5 heteroatoms. The number of aromatic nitrogens is 3. The number of ether oxygens (including phenoxy) is 1. The summed E-state index contributed by atoms with van der Waals surface area (Å²) in [5.41, 5.74) is 3.90. The van der Waals surface area contributed by atoms with Crippen LogP contribution in [0, 0.1) is 0 Å². The highest BCUT2D eigenvalue weighted by atomic mass is 16.5. The minimum absolute atomic E-state index is 0.00417. The van der Waals surface area contributed by atoms with Gasteiger partial charge >= 0.3 is 0 Å². The van der Waals surface area contributed by atoms with Crippen molar-refractivity contribution in [2.45, 2.75) is 20.4 Å². The first-order valence-electron chi connectivity index (χ1n) is 9.76. The molecule has 146 valence electrons. The van der Waals surface area contributed by atoms with Crippen LogP contribution in [0.15, 0.2) is 71.8 Å². The molecule has 2 aromatic carbocycles. The Hall–Kier alpha value is -3.60. The lowest BCUT2D eigenvalue weighted by Crippen LogP contribution is -2.20. The van der Waals surface area contributed by atoms with Crippen LogP contribution in [0.1, 0.15) is 19.4 Å². The molecule has 3 aromatic heterocycles. The predicted octanol–water partition coefficient (Wildman–Crippen LogP) is 5.11. The van der Waals surface area contributed by atoms with E-state index in [2.05, 4.69) is 9.97 Å². The molecular formula is C24H23N3O2. The van der Waals surface area contributed by atoms with E-state index in [1.165, 1.54) is 0 Å². The Morgan fingerprint density at radius 1 is 0.966 bits per heavy atom. The highest BCUT2D eigenvalue weighted by Crippen LogP contribution is 2.29. The van der Waals surface area contributed by atoms with Crippen LogP contribution in [0.25, 0.3) is 32.7 Å². The topological polar surface area (TPSA) is 59.9 Å². The maximum absolute atomic E-state index is 13.1. The summed E-state index contributed by atoms with van der Waals surface area (Å²) in [6, 6.07) is 17.5. The number of nitrogens with zero attached hydrogens (tertiary/aromatic N) is 2. The largest absolute Gasteiger partial charge is 0.497 e. The minimum Gasteiger partial charge on any atom is -0.497 e. The summed E-state index contributed by atoms with van der Waals surface area (Å²) in [5, 5.41) is 2.62. The van der Waals surface area contributed by atoms with Crippen molar-refractivity contribution in [1.29, 1.82) is 0 Å². The number of nitrogens with one attached hydrogen (secondary N) is 1. The van der Waals surface area contributed by atoms with Crippen molar-refractivity contribution in [3.05, 3.63) is 82.9 Å². The molecule has 0 aliphatic carbocycles. The summed E-state index contributed by atoms with van der Waals surface area (Å²) in [6.45, 7) is 4.52. The van der Waals surface area contributed by atoms with Gasteiger partial charge < -0.3 is 14.3 Å². The Balaban J connectivity index is 0.000000994. The van der Waals surface area contributed by atoms with Gasteiger partial charge in [0.2, 0.25) is 0 Å². The molecule has 0 spiro atoms. The molecule has 0 atom stereocenters. The molecule has 0 saturated carbocycles. The number of methoxy groups -OCH3 is 1. The number of hydrogen-bond acceptors (Lipinski definition) is 3. The zero-order chi connectivity index (χ0) is 20.4. The van der Waals surface area contributed by atoms with Crippen LogP contribution in [0.4, 0.5) is 0 Å². The molecule has 1 N–H and O–H groups in total. The SMILES string of the molecule is CC.COc1ccc(Cn2ccc3c(ccc4[nH]c5cccnc5c43)c2=O)cc1. The standard InChI is InChI=1S/C22H17N3O2.C2H6/c1-27-15-6-4-14(5-7-15)13-25-12-10-16-17(22(25)26)8-9-18-20(16)21-19(24-18)3-2-11-23-21;1-2/h2-12,24H,13H2,1H3;1-2H3. The zero-order valence-corrected chi connectivity index (χ0v) is 16.8. The van der Waals surface area contributed by atoms with Crippen LogP contribution in [0.5, 0.6) is 5.75 Å². The van der Waals surface area contributed by atoms with E-state index in [0.29, 0.717) is 11.9 Å². The third-order valence-corrected chi connectivity index (χ3v) is 4.98. The number of fused-ring (bicyclic) bond motifs is 5. The fraction of sp³-hybridized carbons (Fsp3) is 0.167. The molecule has 0 radical (unpaired) electrons. The summed E-state index contributed by atoms with van der Waals surface area (Å²) in [5.74, 6) is 0.804. The minimum atomic E-state index is -0.00417. The third kappa shape index (κ3) is 3.25. The van der Waals surface area contributed by atoms with E-state index >= 15 is 0 Å². The Morgan fingerprint density at radius 2 is 1.76 bits per heavy atom. The molecule has 5 nitrogen and oxygen atoms in total. The fourth-order valence-corrected chi connectivity index (χ4v) is 3.63. The Labute approximate surface area is 168 Å². The normalized spacial score (nSPS) is 10.9. The van der Waals surface area contributed by atoms with E-state index in [4.69, 9.17) is 4.74 Å². The van der Waals surface area contributed by atoms with Gasteiger partial charge in [-0.2, -0.15) is 0 Å². The fourth-order valence-electron chi connectivity index (χ4n) is 3.63. The lowest BCUT2D eigenvalue weighted by molar-refractivity contribution is 0.414. The molecule has 5 rings (SSSR count). The van der Waals surface area contributed by atoms with E-state index in [-0.39, 0.29) is 5.56 Å². The summed E-state index contributed by atoms with van der Waals surface area (Å²) in [4.78, 5) is 20.9. The van der Waals surface area contributed by atoms with E-state index < -0.39 is 0 Å². The lowest BCUT2D eigenvalue weighted by Gasteiger charge is -2.09. The van der Waals surface area contributed by atoms with Crippen molar-refractivity contribution in [3.8, 4) is 5.75 Å². The quantitative estimate of drug-likeness (QED) is 0.469. The lowest BCUT2D eigenvalue weighted by atomic mass is 10.1. The molecular weight excluding hydrogens is 362 g/mol. The van der Waals surface area contributed by atoms with Gasteiger partial charge in [0.05, 0.1) is 24.7 Å². The van der Waals surface area contributed by atoms with Crippen LogP contribution >= 0.6 is 0 Å². The van der Waals surface area contributed by atoms with E-state index in [1.807, 2.05) is 74.6 Å². The van der Waals surface area contributed by atoms with Crippen molar-refractivity contribution in [2.24, 2.45) is 0 Å². The first-order chi connectivity index (χ1) is 14.2. The molecule has 29 heavy (non-hydrogen) atoms. The second-order valence-electron chi connectivity index (χ2n) is 6.57. The van der Waals surface area contributed by atoms with Crippen LogP contribution in [-0.4, -0.2) is 21.6 Å². The number of rotatable bonds is 3. The Bertz CT molecular complexity index is 1350. The van der Waals surface area contributed by atoms with Crippen molar-refractivity contribution in [3.63, 3.8) is 0 Å². The van der Waals surface area contributed by atoms with Gasteiger partial charge in [-0.1, -0.05) is 26.0 Å². The summed E-state index contributed by atoms with van der Waals surface area (Å²) >= 11 is 0. The van der Waals surface area contributed by atoms with E-state index in [1.54, 1.807) is 17.9 Å². The molecule has 0 saturated heterocycles. The molecule has 0 aliphatic heterocycles. The first kappa shape index (κ1) is 18.7. The number of pyridine rings is 2. The van der Waals surface area contributed by atoms with Gasteiger partial charge in [-0.15, -0.1) is 0 Å². The number of aromatic amines is 1. The van der Waals surface area contributed by atoms with Gasteiger partial charge in [-0.3, -0.25) is 9.78 Å². The van der Waals surface area contributed by atoms with Gasteiger partial charge in [0.15, 0.2) is 0 Å². The average Bonchev–Trinajstić information content (AvgIpc) is 3.16. The van der Waals surface area contributed by atoms with Gasteiger partial charge in [-0.25, -0.2) is 0 Å². The molecule has 0 bridgehead atoms. The highest BCUT2D eigenvalue weighted by Gasteiger charge is 2.12. The Kier molecular flexibility index (Phi) is 5.04. The zero-order valence-electron chi connectivity index (χ0n) is 16.8. The number of benzene rings is 2. The highest BCUT2D eigenvalue weighted by molar-refractivity contribution is 6.18. The number of H-pyrrole nitrogens is 1. The summed E-state index contributed by atoms with van der Waals surface area (Å²) < 4.78 is 6.93. The smallest absolute Gasteiger partial charge is 0.258 e. The van der Waals surface area contributed by atoms with Crippen molar-refractivity contribution >= 4 is 32.7 Å². The van der Waals surface area contributed by atoms with Gasteiger partial charge in [-0.05, 0) is 48.0 Å². The molecule has 5 aromatic rings. The van der Waals surface area contributed by atoms with Gasteiger partial charge in [0.1, 0.15) is 5.75 Å². The van der Waals surface area contributed by atoms with Crippen LogP contribution in [0.2, 0.25) is 0 Å². The van der Waals surface area contributed by atoms with Crippen molar-refractivity contribution < 1.29 is 4.74 Å². The molecule has 0 unspecified atom stereocenters. The summed E-state index contributed by atoms with van der Waals surface area (Å²) in [6.07, 6.45) is 3.63. The average molecular weight is 385 g/mol. The second kappa shape index (κ2) is 7.80. The molecule has 0 aliphatic rings. The molecule has 0 amide bonds. The third-order valence-electron chi connectivity index (χ3n) is 4.98. The van der Waals surface area contributed by atoms with Crippen molar-refractivity contribution in [2.75, 3.05) is 7.11 Å². The maximum Gasteiger partial charge on any atom is 0.258 e. The molecule has 3 heterocycles. The van der Waals surface area contributed by atoms with Gasteiger partial charge in [0.25, 0.3) is 5.56 Å². The Morgan fingerprint density at radius 3 is 2.52 bits per heavy atom. The first-order valence-corrected chi connectivity index (χ1v) is 9.76. The predicted molar refractivity (Wildman–Crippen MR) is 119 cm³/mol. The van der Waals surface area contributed by atoms with Crippen LogP contribution < -0.4 is 10.3 Å². The molecule has 0 fully saturated rings. The van der Waals surface area contributed by atoms with Crippen LogP contribution in [-0.2, 0) is 6.54 Å². The maximum atomic E-state index is 13.1. The van der Waals surface area contributed by atoms with E-state index in [9.17, 15) is 4.79 Å². The van der Waals surface area contributed by atoms with E-state index in [0.717, 1.165) is 38.6 Å². The van der Waals surface area contributed by atoms with Crippen molar-refractivity contribution in [1.82, 2.24) is 14.5 Å². The summed E-state index contributed by atoms with van der Waals surface area (Å²) in [7, 11) is 1.64. The number of hydrogen-bond donors (Lipinski definition) is 1. The van der Waals surface area contributed by atoms with Crippen LogP contribution in [0.3, 0.4) is 0 Å². The monoisotopic (exact) mass is 385 g/mol. The second-order valence-corrected chi connectivity index (χ2v) is 6.57.